The fourth-order valence-electron chi connectivity index (χ4n) is 2.87. The summed E-state index contributed by atoms with van der Waals surface area (Å²) in [5, 5.41) is 0. The monoisotopic (exact) mass is 249 g/mol. The maximum absolute atomic E-state index is 12.2. The van der Waals surface area contributed by atoms with E-state index >= 15 is 0 Å². The van der Waals surface area contributed by atoms with E-state index in [1.54, 1.807) is 0 Å². The van der Waals surface area contributed by atoms with Crippen molar-refractivity contribution >= 4 is 11.8 Å². The molecule has 0 aromatic carbocycles. The number of amides is 2. The summed E-state index contributed by atoms with van der Waals surface area (Å²) in [5.74, 6) is 0.0156. The number of hydrogen-bond acceptors (Lipinski definition) is 2. The van der Waals surface area contributed by atoms with E-state index in [-0.39, 0.29) is 11.8 Å². The highest BCUT2D eigenvalue weighted by molar-refractivity contribution is 6.19. The number of imide groups is 1. The number of rotatable bonds is 5. The number of nitrogens with zero attached hydrogens (tertiary/aromatic N) is 1. The predicted octanol–water partition coefficient (Wildman–Crippen LogP) is 3.20. The SMILES string of the molecule is CCCCCCN1C(=O)C2=C(CCCCC2)C1=O. The molecule has 3 heteroatoms. The largest absolute Gasteiger partial charge is 0.275 e. The molecule has 0 unspecified atom stereocenters. The molecule has 0 aromatic rings. The number of carbonyl (C=O) groups excluding carboxylic acids is 2. The second-order valence-electron chi connectivity index (χ2n) is 5.34. The molecule has 2 amide bonds. The maximum atomic E-state index is 12.2. The van der Waals surface area contributed by atoms with Gasteiger partial charge in [-0.2, -0.15) is 0 Å². The topological polar surface area (TPSA) is 37.4 Å². The van der Waals surface area contributed by atoms with Gasteiger partial charge in [0, 0.05) is 17.7 Å². The lowest BCUT2D eigenvalue weighted by Crippen LogP contribution is -2.33. The van der Waals surface area contributed by atoms with E-state index in [0.717, 1.165) is 56.1 Å². The van der Waals surface area contributed by atoms with Gasteiger partial charge in [0.25, 0.3) is 11.8 Å². The third-order valence-corrected chi connectivity index (χ3v) is 3.96. The van der Waals surface area contributed by atoms with Crippen molar-refractivity contribution in [1.29, 1.82) is 0 Å². The number of unbranched alkanes of at least 4 members (excludes halogenated alkanes) is 3. The van der Waals surface area contributed by atoms with Crippen LogP contribution in [0.5, 0.6) is 0 Å². The van der Waals surface area contributed by atoms with Gasteiger partial charge >= 0.3 is 0 Å². The summed E-state index contributed by atoms with van der Waals surface area (Å²) in [7, 11) is 0. The van der Waals surface area contributed by atoms with Crippen molar-refractivity contribution in [3.63, 3.8) is 0 Å². The lowest BCUT2D eigenvalue weighted by molar-refractivity contribution is -0.137. The van der Waals surface area contributed by atoms with E-state index in [4.69, 9.17) is 0 Å². The average molecular weight is 249 g/mol. The van der Waals surface area contributed by atoms with Crippen LogP contribution in [-0.2, 0) is 9.59 Å². The minimum Gasteiger partial charge on any atom is -0.275 e. The van der Waals surface area contributed by atoms with E-state index in [0.29, 0.717) is 6.54 Å². The fourth-order valence-corrected chi connectivity index (χ4v) is 2.87. The Balaban J connectivity index is 1.96. The molecule has 1 aliphatic carbocycles. The molecule has 100 valence electrons. The van der Waals surface area contributed by atoms with Gasteiger partial charge in [-0.05, 0) is 32.1 Å². The minimum absolute atomic E-state index is 0.00778. The van der Waals surface area contributed by atoms with Crippen LogP contribution in [0.3, 0.4) is 0 Å². The molecule has 0 atom stereocenters. The molecule has 1 heterocycles. The average Bonchev–Trinajstić information content (AvgIpc) is 2.58. The van der Waals surface area contributed by atoms with Crippen molar-refractivity contribution in [3.8, 4) is 0 Å². The Kier molecular flexibility index (Phi) is 4.56. The predicted molar refractivity (Wildman–Crippen MR) is 71.0 cm³/mol. The van der Waals surface area contributed by atoms with Crippen molar-refractivity contribution < 1.29 is 9.59 Å². The molecular formula is C15H23NO2. The number of carbonyl (C=O) groups is 2. The molecule has 0 saturated heterocycles. The summed E-state index contributed by atoms with van der Waals surface area (Å²) >= 11 is 0. The van der Waals surface area contributed by atoms with Crippen molar-refractivity contribution in [2.45, 2.75) is 64.7 Å². The number of hydrogen-bond donors (Lipinski definition) is 0. The Morgan fingerprint density at radius 2 is 1.50 bits per heavy atom. The van der Waals surface area contributed by atoms with Crippen LogP contribution >= 0.6 is 0 Å². The van der Waals surface area contributed by atoms with Crippen LogP contribution in [0, 0.1) is 0 Å². The highest BCUT2D eigenvalue weighted by Crippen LogP contribution is 2.32. The molecule has 2 rings (SSSR count). The first-order chi connectivity index (χ1) is 8.75. The summed E-state index contributed by atoms with van der Waals surface area (Å²) in [6.07, 6.45) is 9.30. The van der Waals surface area contributed by atoms with Gasteiger partial charge in [-0.15, -0.1) is 0 Å². The molecule has 2 aliphatic rings. The normalized spacial score (nSPS) is 20.4. The first-order valence-corrected chi connectivity index (χ1v) is 7.34. The highest BCUT2D eigenvalue weighted by atomic mass is 16.2. The zero-order valence-corrected chi connectivity index (χ0v) is 11.3. The first-order valence-electron chi connectivity index (χ1n) is 7.34. The second kappa shape index (κ2) is 6.17. The van der Waals surface area contributed by atoms with E-state index in [1.807, 2.05) is 0 Å². The minimum atomic E-state index is 0.00778. The zero-order valence-electron chi connectivity index (χ0n) is 11.3. The summed E-state index contributed by atoms with van der Waals surface area (Å²) in [4.78, 5) is 25.9. The van der Waals surface area contributed by atoms with E-state index in [1.165, 1.54) is 17.7 Å². The summed E-state index contributed by atoms with van der Waals surface area (Å²) in [6, 6.07) is 0. The molecule has 0 spiro atoms. The Morgan fingerprint density at radius 3 is 2.06 bits per heavy atom. The lowest BCUT2D eigenvalue weighted by atomic mass is 10.1. The van der Waals surface area contributed by atoms with Gasteiger partial charge in [-0.1, -0.05) is 32.6 Å². The first kappa shape index (κ1) is 13.3. The van der Waals surface area contributed by atoms with Crippen molar-refractivity contribution in [2.75, 3.05) is 6.54 Å². The van der Waals surface area contributed by atoms with Crippen LogP contribution in [0.4, 0.5) is 0 Å². The van der Waals surface area contributed by atoms with E-state index in [2.05, 4.69) is 6.92 Å². The van der Waals surface area contributed by atoms with Gasteiger partial charge in [-0.3, -0.25) is 14.5 Å². The molecule has 0 aromatic heterocycles. The lowest BCUT2D eigenvalue weighted by Gasteiger charge is -2.15. The van der Waals surface area contributed by atoms with Crippen molar-refractivity contribution in [1.82, 2.24) is 4.90 Å². The molecule has 0 bridgehead atoms. The van der Waals surface area contributed by atoms with Crippen LogP contribution in [0.15, 0.2) is 11.1 Å². The molecule has 0 radical (unpaired) electrons. The quantitative estimate of drug-likeness (QED) is 0.554. The third kappa shape index (κ3) is 2.65. The van der Waals surface area contributed by atoms with Crippen LogP contribution in [0.1, 0.15) is 64.7 Å². The van der Waals surface area contributed by atoms with Gasteiger partial charge in [-0.25, -0.2) is 0 Å². The van der Waals surface area contributed by atoms with Crippen LogP contribution in [0.25, 0.3) is 0 Å². The fraction of sp³-hybridized carbons (Fsp3) is 0.733. The third-order valence-electron chi connectivity index (χ3n) is 3.96. The van der Waals surface area contributed by atoms with Crippen LogP contribution in [-0.4, -0.2) is 23.3 Å². The molecule has 18 heavy (non-hydrogen) atoms. The van der Waals surface area contributed by atoms with Gasteiger partial charge in [0.15, 0.2) is 0 Å². The van der Waals surface area contributed by atoms with Crippen molar-refractivity contribution in [3.05, 3.63) is 11.1 Å². The Hall–Kier alpha value is -1.12. The van der Waals surface area contributed by atoms with E-state index in [9.17, 15) is 9.59 Å². The molecule has 3 nitrogen and oxygen atoms in total. The molecule has 0 N–H and O–H groups in total. The van der Waals surface area contributed by atoms with Gasteiger partial charge in [0.05, 0.1) is 0 Å². The summed E-state index contributed by atoms with van der Waals surface area (Å²) in [5.41, 5.74) is 1.65. The van der Waals surface area contributed by atoms with Gasteiger partial charge in [0.2, 0.25) is 0 Å². The van der Waals surface area contributed by atoms with Crippen LogP contribution in [0.2, 0.25) is 0 Å². The smallest absolute Gasteiger partial charge is 0.257 e. The summed E-state index contributed by atoms with van der Waals surface area (Å²) < 4.78 is 0. The Labute approximate surface area is 109 Å². The molecule has 0 fully saturated rings. The Bertz CT molecular complexity index is 343. The maximum Gasteiger partial charge on any atom is 0.257 e. The zero-order chi connectivity index (χ0) is 13.0. The van der Waals surface area contributed by atoms with Gasteiger partial charge < -0.3 is 0 Å². The second-order valence-corrected chi connectivity index (χ2v) is 5.34. The van der Waals surface area contributed by atoms with Crippen molar-refractivity contribution in [2.24, 2.45) is 0 Å². The Morgan fingerprint density at radius 1 is 0.889 bits per heavy atom. The highest BCUT2D eigenvalue weighted by Gasteiger charge is 2.37. The standard InChI is InChI=1S/C15H23NO2/c1-2-3-4-8-11-16-14(17)12-9-6-5-7-10-13(12)15(16)18/h2-11H2,1H3. The summed E-state index contributed by atoms with van der Waals surface area (Å²) in [6.45, 7) is 2.78. The van der Waals surface area contributed by atoms with Crippen LogP contribution < -0.4 is 0 Å². The molecule has 0 saturated carbocycles. The molecule has 1 aliphatic heterocycles. The molecular weight excluding hydrogens is 226 g/mol. The van der Waals surface area contributed by atoms with Gasteiger partial charge in [0.1, 0.15) is 0 Å². The van der Waals surface area contributed by atoms with E-state index < -0.39 is 0 Å².